The average molecular weight is 371 g/mol. The van der Waals surface area contributed by atoms with Crippen LogP contribution in [0.5, 0.6) is 5.75 Å². The molecule has 0 fully saturated rings. The molecule has 146 valence electrons. The van der Waals surface area contributed by atoms with Crippen LogP contribution in [0.25, 0.3) is 17.3 Å². The number of pyridine rings is 1. The number of benzene rings is 1. The Balaban J connectivity index is 1.77. The van der Waals surface area contributed by atoms with Crippen LogP contribution in [0.2, 0.25) is 0 Å². The molecule has 1 N–H and O–H groups in total. The molecule has 0 bridgehead atoms. The molecular formula is C23H30FNO2. The van der Waals surface area contributed by atoms with Crippen molar-refractivity contribution in [2.45, 2.75) is 58.5 Å². The lowest BCUT2D eigenvalue weighted by molar-refractivity contribution is 0.0566. The van der Waals surface area contributed by atoms with E-state index in [1.807, 2.05) is 18.2 Å². The lowest BCUT2D eigenvalue weighted by Gasteiger charge is -2.12. The molecule has 0 saturated heterocycles. The van der Waals surface area contributed by atoms with E-state index in [9.17, 15) is 9.50 Å². The van der Waals surface area contributed by atoms with Crippen LogP contribution < -0.4 is 0 Å². The van der Waals surface area contributed by atoms with Crippen LogP contribution in [-0.2, 0) is 4.74 Å². The van der Waals surface area contributed by atoms with E-state index in [1.165, 1.54) is 25.1 Å². The molecule has 1 aromatic heterocycles. The van der Waals surface area contributed by atoms with Gasteiger partial charge in [0.1, 0.15) is 11.6 Å². The van der Waals surface area contributed by atoms with Crippen molar-refractivity contribution in [1.82, 2.24) is 4.98 Å². The Morgan fingerprint density at radius 2 is 2.04 bits per heavy atom. The fraction of sp³-hybridized carbons (Fsp3) is 0.435. The van der Waals surface area contributed by atoms with E-state index in [-0.39, 0.29) is 17.7 Å². The smallest absolute Gasteiger partial charge is 0.133 e. The summed E-state index contributed by atoms with van der Waals surface area (Å²) in [5.74, 6) is -0.175. The number of rotatable bonds is 11. The van der Waals surface area contributed by atoms with Gasteiger partial charge in [-0.15, -0.1) is 0 Å². The molecule has 4 heteroatoms. The number of nitrogens with zero attached hydrogens (tertiary/aromatic N) is 1. The van der Waals surface area contributed by atoms with Crippen LogP contribution in [0, 0.1) is 5.82 Å². The van der Waals surface area contributed by atoms with E-state index in [4.69, 9.17) is 4.74 Å². The first-order valence-electron chi connectivity index (χ1n) is 9.83. The lowest BCUT2D eigenvalue weighted by atomic mass is 10.1. The number of ether oxygens (including phenoxy) is 1. The van der Waals surface area contributed by atoms with Crippen LogP contribution in [0.1, 0.15) is 57.9 Å². The first-order valence-corrected chi connectivity index (χ1v) is 9.83. The Bertz CT molecular complexity index is 713. The predicted molar refractivity (Wildman–Crippen MR) is 109 cm³/mol. The monoisotopic (exact) mass is 371 g/mol. The van der Waals surface area contributed by atoms with E-state index in [1.54, 1.807) is 18.2 Å². The van der Waals surface area contributed by atoms with Gasteiger partial charge in [0.2, 0.25) is 0 Å². The number of allylic oxidation sites excluding steroid dienone is 1. The molecule has 0 radical (unpaired) electrons. The van der Waals surface area contributed by atoms with Crippen LogP contribution in [0.15, 0.2) is 42.6 Å². The molecule has 0 aliphatic carbocycles. The minimum atomic E-state index is -0.272. The molecule has 27 heavy (non-hydrogen) atoms. The van der Waals surface area contributed by atoms with Gasteiger partial charge in [-0.25, -0.2) is 4.39 Å². The average Bonchev–Trinajstić information content (AvgIpc) is 2.66. The van der Waals surface area contributed by atoms with E-state index in [0.717, 1.165) is 32.3 Å². The Hall–Kier alpha value is -2.20. The number of halogens is 1. The van der Waals surface area contributed by atoms with Crippen molar-refractivity contribution in [2.24, 2.45) is 0 Å². The molecule has 0 aliphatic rings. The molecular weight excluding hydrogens is 341 g/mol. The van der Waals surface area contributed by atoms with E-state index >= 15 is 0 Å². The molecule has 0 amide bonds. The van der Waals surface area contributed by atoms with Gasteiger partial charge in [-0.1, -0.05) is 44.1 Å². The van der Waals surface area contributed by atoms with Crippen LogP contribution in [0.3, 0.4) is 0 Å². The molecule has 1 aromatic carbocycles. The highest BCUT2D eigenvalue weighted by atomic mass is 19.1. The van der Waals surface area contributed by atoms with Gasteiger partial charge in [-0.05, 0) is 50.8 Å². The molecule has 2 rings (SSSR count). The minimum absolute atomic E-state index is 0.0967. The second-order valence-electron chi connectivity index (χ2n) is 6.86. The Morgan fingerprint density at radius 1 is 1.19 bits per heavy atom. The highest BCUT2D eigenvalue weighted by Crippen LogP contribution is 2.22. The third-order valence-corrected chi connectivity index (χ3v) is 4.47. The summed E-state index contributed by atoms with van der Waals surface area (Å²) in [4.78, 5) is 4.11. The number of hydrogen-bond donors (Lipinski definition) is 1. The number of unbranched alkanes of at least 4 members (excludes halogenated alkanes) is 3. The van der Waals surface area contributed by atoms with E-state index in [2.05, 4.69) is 18.8 Å². The van der Waals surface area contributed by atoms with E-state index in [0.29, 0.717) is 16.8 Å². The van der Waals surface area contributed by atoms with Gasteiger partial charge in [0.25, 0.3) is 0 Å². The van der Waals surface area contributed by atoms with E-state index < -0.39 is 0 Å². The standard InChI is InChI=1S/C23H30FNO2/c1-3-4-8-15-27-18(2)9-6-5-7-10-19-11-12-20(16-22(19)24)23-14-13-21(26)17-25-23/h7,10-14,16-18,26H,3-6,8-9,15H2,1-2H3/b10-7+. The lowest BCUT2D eigenvalue weighted by Crippen LogP contribution is -2.08. The molecule has 1 atom stereocenters. The summed E-state index contributed by atoms with van der Waals surface area (Å²) in [6, 6.07) is 8.29. The van der Waals surface area contributed by atoms with Gasteiger partial charge in [-0.3, -0.25) is 4.98 Å². The molecule has 0 saturated carbocycles. The summed E-state index contributed by atoms with van der Waals surface area (Å²) in [5, 5.41) is 9.29. The summed E-state index contributed by atoms with van der Waals surface area (Å²) in [7, 11) is 0. The van der Waals surface area contributed by atoms with Crippen molar-refractivity contribution in [3.05, 3.63) is 54.0 Å². The molecule has 2 aromatic rings. The Labute approximate surface area is 161 Å². The van der Waals surface area contributed by atoms with Gasteiger partial charge >= 0.3 is 0 Å². The zero-order valence-electron chi connectivity index (χ0n) is 16.3. The van der Waals surface area contributed by atoms with Gasteiger partial charge < -0.3 is 9.84 Å². The Morgan fingerprint density at radius 3 is 2.74 bits per heavy atom. The van der Waals surface area contributed by atoms with Crippen molar-refractivity contribution in [3.8, 4) is 17.0 Å². The first-order chi connectivity index (χ1) is 13.1. The van der Waals surface area contributed by atoms with Gasteiger partial charge in [-0.2, -0.15) is 0 Å². The second-order valence-corrected chi connectivity index (χ2v) is 6.86. The maximum Gasteiger partial charge on any atom is 0.133 e. The van der Waals surface area contributed by atoms with Crippen molar-refractivity contribution < 1.29 is 14.2 Å². The number of aromatic hydroxyl groups is 1. The summed E-state index contributed by atoms with van der Waals surface area (Å²) in [6.07, 6.45) is 12.0. The fourth-order valence-electron chi connectivity index (χ4n) is 2.83. The van der Waals surface area contributed by atoms with Crippen molar-refractivity contribution in [3.63, 3.8) is 0 Å². The molecule has 0 spiro atoms. The van der Waals surface area contributed by atoms with Crippen LogP contribution >= 0.6 is 0 Å². The van der Waals surface area contributed by atoms with Gasteiger partial charge in [0.05, 0.1) is 18.0 Å². The minimum Gasteiger partial charge on any atom is -0.506 e. The highest BCUT2D eigenvalue weighted by Gasteiger charge is 2.05. The van der Waals surface area contributed by atoms with Crippen molar-refractivity contribution in [1.29, 1.82) is 0 Å². The van der Waals surface area contributed by atoms with Gasteiger partial charge in [0.15, 0.2) is 0 Å². The largest absolute Gasteiger partial charge is 0.506 e. The first kappa shape index (κ1) is 21.1. The third kappa shape index (κ3) is 7.51. The van der Waals surface area contributed by atoms with Crippen molar-refractivity contribution in [2.75, 3.05) is 6.61 Å². The van der Waals surface area contributed by atoms with Crippen molar-refractivity contribution >= 4 is 6.08 Å². The number of hydrogen-bond acceptors (Lipinski definition) is 3. The summed E-state index contributed by atoms with van der Waals surface area (Å²) >= 11 is 0. The summed E-state index contributed by atoms with van der Waals surface area (Å²) in [6.45, 7) is 5.15. The number of aromatic nitrogens is 1. The normalized spacial score (nSPS) is 12.6. The maximum absolute atomic E-state index is 14.3. The summed E-state index contributed by atoms with van der Waals surface area (Å²) < 4.78 is 20.1. The molecule has 1 heterocycles. The van der Waals surface area contributed by atoms with Gasteiger partial charge in [0, 0.05) is 17.7 Å². The zero-order chi connectivity index (χ0) is 19.5. The van der Waals surface area contributed by atoms with Crippen LogP contribution in [-0.4, -0.2) is 22.8 Å². The second kappa shape index (κ2) is 11.5. The predicted octanol–water partition coefficient (Wildman–Crippen LogP) is 6.37. The molecule has 3 nitrogen and oxygen atoms in total. The zero-order valence-corrected chi connectivity index (χ0v) is 16.3. The topological polar surface area (TPSA) is 42.4 Å². The quantitative estimate of drug-likeness (QED) is 0.467. The SMILES string of the molecule is CCCCCOC(C)CCC/C=C/c1ccc(-c2ccc(O)cn2)cc1F. The third-order valence-electron chi connectivity index (χ3n) is 4.47. The summed E-state index contributed by atoms with van der Waals surface area (Å²) in [5.41, 5.74) is 1.90. The fourth-order valence-corrected chi connectivity index (χ4v) is 2.83. The Kier molecular flexibility index (Phi) is 8.99. The molecule has 0 aliphatic heterocycles. The highest BCUT2D eigenvalue weighted by molar-refractivity contribution is 5.63. The maximum atomic E-state index is 14.3. The van der Waals surface area contributed by atoms with Crippen LogP contribution in [0.4, 0.5) is 4.39 Å². The molecule has 1 unspecified atom stereocenters.